The van der Waals surface area contributed by atoms with E-state index in [0.29, 0.717) is 11.3 Å². The molecule has 0 aliphatic heterocycles. The summed E-state index contributed by atoms with van der Waals surface area (Å²) in [6.45, 7) is 5.39. The highest BCUT2D eigenvalue weighted by Crippen LogP contribution is 2.23. The number of carbonyl (C=O) groups excluding carboxylic acids is 1. The van der Waals surface area contributed by atoms with E-state index in [4.69, 9.17) is 4.42 Å². The third-order valence-corrected chi connectivity index (χ3v) is 2.88. The van der Waals surface area contributed by atoms with Crippen molar-refractivity contribution in [2.24, 2.45) is 0 Å². The molecule has 0 amide bonds. The lowest BCUT2D eigenvalue weighted by atomic mass is 10.1. The maximum atomic E-state index is 11.2. The number of benzene rings is 1. The van der Waals surface area contributed by atoms with Gasteiger partial charge in [0, 0.05) is 5.56 Å². The molecule has 2 heteroatoms. The molecule has 92 valence electrons. The summed E-state index contributed by atoms with van der Waals surface area (Å²) in [4.78, 5) is 11.2. The normalized spacial score (nSPS) is 11.6. The van der Waals surface area contributed by atoms with E-state index < -0.39 is 0 Å². The Bertz CT molecular complexity index is 586. The van der Waals surface area contributed by atoms with Gasteiger partial charge in [-0.2, -0.15) is 0 Å². The minimum absolute atomic E-state index is 0.0586. The van der Waals surface area contributed by atoms with E-state index in [0.717, 1.165) is 11.3 Å². The SMILES string of the molecule is CC(=O)/C(C)=C\c1ccc(-c2ccc(C)cc2)o1. The molecule has 0 N–H and O–H groups in total. The van der Waals surface area contributed by atoms with Crippen molar-refractivity contribution in [3.05, 3.63) is 53.3 Å². The van der Waals surface area contributed by atoms with Crippen LogP contribution in [0.3, 0.4) is 0 Å². The van der Waals surface area contributed by atoms with Gasteiger partial charge < -0.3 is 4.42 Å². The molecule has 0 atom stereocenters. The lowest BCUT2D eigenvalue weighted by Crippen LogP contribution is -1.89. The second-order valence-corrected chi connectivity index (χ2v) is 4.45. The molecule has 2 aromatic rings. The first-order valence-corrected chi connectivity index (χ1v) is 5.92. The monoisotopic (exact) mass is 240 g/mol. The number of carbonyl (C=O) groups is 1. The van der Waals surface area contributed by atoms with E-state index in [1.807, 2.05) is 36.4 Å². The fourth-order valence-electron chi connectivity index (χ4n) is 1.62. The zero-order valence-corrected chi connectivity index (χ0v) is 10.9. The molecule has 0 aliphatic carbocycles. The summed E-state index contributed by atoms with van der Waals surface area (Å²) in [5, 5.41) is 0. The Hall–Kier alpha value is -2.09. The van der Waals surface area contributed by atoms with E-state index in [9.17, 15) is 4.79 Å². The molecule has 2 nitrogen and oxygen atoms in total. The first-order valence-electron chi connectivity index (χ1n) is 5.92. The van der Waals surface area contributed by atoms with Crippen molar-refractivity contribution in [1.29, 1.82) is 0 Å². The van der Waals surface area contributed by atoms with Crippen LogP contribution in [-0.4, -0.2) is 5.78 Å². The Morgan fingerprint density at radius 3 is 2.33 bits per heavy atom. The summed E-state index contributed by atoms with van der Waals surface area (Å²) in [6, 6.07) is 12.0. The van der Waals surface area contributed by atoms with Crippen molar-refractivity contribution >= 4 is 11.9 Å². The van der Waals surface area contributed by atoms with Gasteiger partial charge in [-0.15, -0.1) is 0 Å². The highest BCUT2D eigenvalue weighted by Gasteiger charge is 2.04. The van der Waals surface area contributed by atoms with Crippen molar-refractivity contribution in [2.45, 2.75) is 20.8 Å². The predicted molar refractivity (Wildman–Crippen MR) is 73.2 cm³/mol. The number of allylic oxidation sites excluding steroid dienone is 1. The van der Waals surface area contributed by atoms with Gasteiger partial charge in [-0.25, -0.2) is 0 Å². The van der Waals surface area contributed by atoms with Crippen LogP contribution in [0.1, 0.15) is 25.2 Å². The Balaban J connectivity index is 2.28. The Morgan fingerprint density at radius 1 is 1.06 bits per heavy atom. The molecule has 0 spiro atoms. The van der Waals surface area contributed by atoms with Crippen LogP contribution in [0.15, 0.2) is 46.4 Å². The van der Waals surface area contributed by atoms with Crippen LogP contribution in [0.5, 0.6) is 0 Å². The quantitative estimate of drug-likeness (QED) is 0.751. The summed E-state index contributed by atoms with van der Waals surface area (Å²) in [5.41, 5.74) is 2.96. The second-order valence-electron chi connectivity index (χ2n) is 4.45. The van der Waals surface area contributed by atoms with E-state index in [1.165, 1.54) is 5.56 Å². The largest absolute Gasteiger partial charge is 0.457 e. The molecule has 1 aromatic heterocycles. The number of hydrogen-bond donors (Lipinski definition) is 0. The molecule has 0 saturated carbocycles. The number of ketones is 1. The van der Waals surface area contributed by atoms with Gasteiger partial charge in [-0.1, -0.05) is 29.8 Å². The van der Waals surface area contributed by atoms with Crippen molar-refractivity contribution in [1.82, 2.24) is 0 Å². The van der Waals surface area contributed by atoms with Gasteiger partial charge in [0.2, 0.25) is 0 Å². The van der Waals surface area contributed by atoms with Crippen molar-refractivity contribution in [2.75, 3.05) is 0 Å². The number of Topliss-reactive ketones (excluding diaryl/α,β-unsaturated/α-hetero) is 1. The molecule has 1 heterocycles. The Morgan fingerprint density at radius 2 is 1.72 bits per heavy atom. The van der Waals surface area contributed by atoms with Crippen molar-refractivity contribution in [3.8, 4) is 11.3 Å². The fourth-order valence-corrected chi connectivity index (χ4v) is 1.62. The fraction of sp³-hybridized carbons (Fsp3) is 0.188. The maximum absolute atomic E-state index is 11.2. The summed E-state index contributed by atoms with van der Waals surface area (Å²) in [5.74, 6) is 1.58. The van der Waals surface area contributed by atoms with E-state index in [2.05, 4.69) is 6.92 Å². The van der Waals surface area contributed by atoms with Crippen LogP contribution in [0, 0.1) is 6.92 Å². The molecule has 0 aliphatic rings. The predicted octanol–water partition coefficient (Wildman–Crippen LogP) is 4.25. The Labute approximate surface area is 107 Å². The van der Waals surface area contributed by atoms with Crippen LogP contribution in [0.25, 0.3) is 17.4 Å². The van der Waals surface area contributed by atoms with Gasteiger partial charge >= 0.3 is 0 Å². The maximum Gasteiger partial charge on any atom is 0.155 e. The lowest BCUT2D eigenvalue weighted by Gasteiger charge is -1.97. The van der Waals surface area contributed by atoms with Crippen LogP contribution < -0.4 is 0 Å². The Kier molecular flexibility index (Phi) is 3.47. The molecular weight excluding hydrogens is 224 g/mol. The lowest BCUT2D eigenvalue weighted by molar-refractivity contribution is -0.113. The standard InChI is InChI=1S/C16H16O2/c1-11-4-6-14(7-5-11)16-9-8-15(18-16)10-12(2)13(3)17/h4-10H,1-3H3/b12-10-. The molecule has 0 saturated heterocycles. The van der Waals surface area contributed by atoms with E-state index >= 15 is 0 Å². The molecule has 0 radical (unpaired) electrons. The third-order valence-electron chi connectivity index (χ3n) is 2.88. The molecular formula is C16H16O2. The van der Waals surface area contributed by atoms with Gasteiger partial charge in [0.1, 0.15) is 11.5 Å². The van der Waals surface area contributed by atoms with Crippen LogP contribution >= 0.6 is 0 Å². The average Bonchev–Trinajstić information content (AvgIpc) is 2.78. The molecule has 0 bridgehead atoms. The molecule has 1 aromatic carbocycles. The van der Waals surface area contributed by atoms with E-state index in [1.54, 1.807) is 19.9 Å². The molecule has 0 unspecified atom stereocenters. The number of hydrogen-bond acceptors (Lipinski definition) is 2. The zero-order valence-electron chi connectivity index (χ0n) is 10.9. The first-order chi connectivity index (χ1) is 8.56. The van der Waals surface area contributed by atoms with Crippen LogP contribution in [-0.2, 0) is 4.79 Å². The molecule has 0 fully saturated rings. The minimum Gasteiger partial charge on any atom is -0.457 e. The third kappa shape index (κ3) is 2.77. The van der Waals surface area contributed by atoms with Gasteiger partial charge in [-0.05, 0) is 44.6 Å². The summed E-state index contributed by atoms with van der Waals surface area (Å²) in [7, 11) is 0. The average molecular weight is 240 g/mol. The van der Waals surface area contributed by atoms with Gasteiger partial charge in [0.15, 0.2) is 5.78 Å². The highest BCUT2D eigenvalue weighted by atomic mass is 16.3. The van der Waals surface area contributed by atoms with Crippen LogP contribution in [0.2, 0.25) is 0 Å². The number of aryl methyl sites for hydroxylation is 1. The van der Waals surface area contributed by atoms with Crippen molar-refractivity contribution < 1.29 is 9.21 Å². The summed E-state index contributed by atoms with van der Waals surface area (Å²) in [6.07, 6.45) is 1.76. The summed E-state index contributed by atoms with van der Waals surface area (Å²) >= 11 is 0. The molecule has 18 heavy (non-hydrogen) atoms. The minimum atomic E-state index is 0.0586. The summed E-state index contributed by atoms with van der Waals surface area (Å²) < 4.78 is 5.70. The van der Waals surface area contributed by atoms with Gasteiger partial charge in [0.05, 0.1) is 0 Å². The van der Waals surface area contributed by atoms with Gasteiger partial charge in [0.25, 0.3) is 0 Å². The zero-order chi connectivity index (χ0) is 13.1. The number of furan rings is 1. The highest BCUT2D eigenvalue weighted by molar-refractivity contribution is 5.96. The smallest absolute Gasteiger partial charge is 0.155 e. The molecule has 2 rings (SSSR count). The topological polar surface area (TPSA) is 30.2 Å². The van der Waals surface area contributed by atoms with Gasteiger partial charge in [-0.3, -0.25) is 4.79 Å². The second kappa shape index (κ2) is 5.05. The van der Waals surface area contributed by atoms with Crippen molar-refractivity contribution in [3.63, 3.8) is 0 Å². The van der Waals surface area contributed by atoms with Crippen LogP contribution in [0.4, 0.5) is 0 Å². The van der Waals surface area contributed by atoms with E-state index in [-0.39, 0.29) is 5.78 Å². The first kappa shape index (κ1) is 12.4. The number of rotatable bonds is 3.